The van der Waals surface area contributed by atoms with Crippen LogP contribution in [-0.2, 0) is 4.74 Å². The van der Waals surface area contributed by atoms with Crippen LogP contribution < -0.4 is 0 Å². The van der Waals surface area contributed by atoms with Gasteiger partial charge in [0, 0.05) is 26.4 Å². The summed E-state index contributed by atoms with van der Waals surface area (Å²) < 4.78 is 5.26. The second-order valence-electron chi connectivity index (χ2n) is 2.70. The molecule has 0 aromatic carbocycles. The number of rotatable bonds is 2. The molecule has 3 heteroatoms. The Kier molecular flexibility index (Phi) is 3.80. The van der Waals surface area contributed by atoms with Gasteiger partial charge in [0.25, 0.3) is 0 Å². The van der Waals surface area contributed by atoms with E-state index in [4.69, 9.17) is 4.74 Å². The lowest BCUT2D eigenvalue weighted by molar-refractivity contribution is 0.0566. The number of morpholine rings is 1. The summed E-state index contributed by atoms with van der Waals surface area (Å²) in [4.78, 5) is 6.29. The molecule has 0 aromatic rings. The van der Waals surface area contributed by atoms with Crippen LogP contribution in [0.25, 0.3) is 0 Å². The second kappa shape index (κ2) is 4.93. The van der Waals surface area contributed by atoms with Gasteiger partial charge < -0.3 is 9.64 Å². The molecule has 0 atom stereocenters. The van der Waals surface area contributed by atoms with E-state index in [2.05, 4.69) is 16.0 Å². The topological polar surface area (TPSA) is 24.8 Å². The number of hydrogen-bond donors (Lipinski definition) is 0. The average Bonchev–Trinajstić information content (AvgIpc) is 2.15. The lowest BCUT2D eigenvalue weighted by Gasteiger charge is -2.29. The average molecular weight is 168 g/mol. The first-order valence-electron chi connectivity index (χ1n) is 4.29. The highest BCUT2D eigenvalue weighted by atomic mass is 16.5. The second-order valence-corrected chi connectivity index (χ2v) is 2.70. The normalized spacial score (nSPS) is 20.5. The van der Waals surface area contributed by atoms with Crippen LogP contribution in [0.1, 0.15) is 6.92 Å². The number of aliphatic imine (C=N–C) groups is 1. The van der Waals surface area contributed by atoms with Gasteiger partial charge in [0.05, 0.1) is 18.9 Å². The van der Waals surface area contributed by atoms with Crippen molar-refractivity contribution in [3.63, 3.8) is 0 Å². The van der Waals surface area contributed by atoms with E-state index in [1.54, 1.807) is 7.05 Å². The minimum atomic E-state index is 0.828. The third-order valence-corrected chi connectivity index (χ3v) is 1.93. The minimum absolute atomic E-state index is 0.828. The van der Waals surface area contributed by atoms with Gasteiger partial charge >= 0.3 is 0 Å². The van der Waals surface area contributed by atoms with Crippen LogP contribution in [0.4, 0.5) is 0 Å². The zero-order chi connectivity index (χ0) is 8.81. The van der Waals surface area contributed by atoms with Crippen molar-refractivity contribution in [2.45, 2.75) is 6.92 Å². The quantitative estimate of drug-likeness (QED) is 0.573. The van der Waals surface area contributed by atoms with Crippen molar-refractivity contribution < 1.29 is 4.74 Å². The number of nitrogens with zero attached hydrogens (tertiary/aromatic N) is 2. The molecule has 0 spiro atoms. The summed E-state index contributed by atoms with van der Waals surface area (Å²) in [6, 6.07) is 0. The first-order chi connectivity index (χ1) is 5.88. The van der Waals surface area contributed by atoms with Crippen LogP contribution in [0.5, 0.6) is 0 Å². The molecule has 1 fully saturated rings. The molecule has 0 radical (unpaired) electrons. The molecule has 68 valence electrons. The third kappa shape index (κ3) is 2.34. The van der Waals surface area contributed by atoms with Gasteiger partial charge in [-0.2, -0.15) is 0 Å². The Labute approximate surface area is 73.7 Å². The Hall–Kier alpha value is -0.830. The van der Waals surface area contributed by atoms with Crippen LogP contribution in [0.15, 0.2) is 16.8 Å². The molecular weight excluding hydrogens is 152 g/mol. The summed E-state index contributed by atoms with van der Waals surface area (Å²) in [5.41, 5.74) is 1.20. The first kappa shape index (κ1) is 9.26. The van der Waals surface area contributed by atoms with Gasteiger partial charge in [-0.1, -0.05) is 6.08 Å². The summed E-state index contributed by atoms with van der Waals surface area (Å²) in [6.07, 6.45) is 3.98. The Morgan fingerprint density at radius 2 is 2.08 bits per heavy atom. The summed E-state index contributed by atoms with van der Waals surface area (Å²) >= 11 is 0. The third-order valence-electron chi connectivity index (χ3n) is 1.93. The van der Waals surface area contributed by atoms with E-state index in [1.807, 2.05) is 13.1 Å². The van der Waals surface area contributed by atoms with E-state index < -0.39 is 0 Å². The van der Waals surface area contributed by atoms with Crippen molar-refractivity contribution in [2.75, 3.05) is 33.4 Å². The fraction of sp³-hybridized carbons (Fsp3) is 0.667. The molecule has 0 amide bonds. The maximum absolute atomic E-state index is 5.26. The van der Waals surface area contributed by atoms with Crippen LogP contribution >= 0.6 is 0 Å². The summed E-state index contributed by atoms with van der Waals surface area (Å²) in [6.45, 7) is 5.65. The van der Waals surface area contributed by atoms with Gasteiger partial charge in [-0.3, -0.25) is 4.99 Å². The SMILES string of the molecule is CC=C(C=NC)N1CCOCC1. The van der Waals surface area contributed by atoms with Gasteiger partial charge in [0.2, 0.25) is 0 Å². The highest BCUT2D eigenvalue weighted by molar-refractivity contribution is 5.77. The van der Waals surface area contributed by atoms with Gasteiger partial charge in [-0.25, -0.2) is 0 Å². The Morgan fingerprint density at radius 1 is 1.42 bits per heavy atom. The molecule has 0 saturated carbocycles. The van der Waals surface area contributed by atoms with Crippen molar-refractivity contribution in [2.24, 2.45) is 4.99 Å². The zero-order valence-corrected chi connectivity index (χ0v) is 7.79. The fourth-order valence-electron chi connectivity index (χ4n) is 1.29. The molecule has 0 aromatic heterocycles. The van der Waals surface area contributed by atoms with Crippen LogP contribution in [0.2, 0.25) is 0 Å². The van der Waals surface area contributed by atoms with E-state index in [1.165, 1.54) is 5.70 Å². The van der Waals surface area contributed by atoms with E-state index in [9.17, 15) is 0 Å². The van der Waals surface area contributed by atoms with Gasteiger partial charge in [0.1, 0.15) is 0 Å². The van der Waals surface area contributed by atoms with Crippen LogP contribution in [0.3, 0.4) is 0 Å². The van der Waals surface area contributed by atoms with Gasteiger partial charge in [-0.15, -0.1) is 0 Å². The highest BCUT2D eigenvalue weighted by Gasteiger charge is 2.10. The molecule has 1 aliphatic heterocycles. The standard InChI is InChI=1S/C9H16N2O/c1-3-9(8-10-2)11-4-6-12-7-5-11/h3,8H,4-7H2,1-2H3. The molecular formula is C9H16N2O. The Balaban J connectivity index is 2.52. The molecule has 1 heterocycles. The molecule has 3 nitrogen and oxygen atoms in total. The number of hydrogen-bond acceptors (Lipinski definition) is 3. The maximum atomic E-state index is 5.26. The highest BCUT2D eigenvalue weighted by Crippen LogP contribution is 2.05. The lowest BCUT2D eigenvalue weighted by atomic mass is 10.3. The van der Waals surface area contributed by atoms with E-state index in [0.717, 1.165) is 26.3 Å². The van der Waals surface area contributed by atoms with Crippen LogP contribution in [0, 0.1) is 0 Å². The molecule has 1 aliphatic rings. The Bertz CT molecular complexity index is 181. The van der Waals surface area contributed by atoms with E-state index in [0.29, 0.717) is 0 Å². The van der Waals surface area contributed by atoms with E-state index >= 15 is 0 Å². The molecule has 1 saturated heterocycles. The molecule has 0 N–H and O–H groups in total. The molecule has 0 aliphatic carbocycles. The largest absolute Gasteiger partial charge is 0.378 e. The molecule has 0 bridgehead atoms. The van der Waals surface area contributed by atoms with Crippen molar-refractivity contribution in [3.05, 3.63) is 11.8 Å². The number of ether oxygens (including phenoxy) is 1. The minimum Gasteiger partial charge on any atom is -0.378 e. The van der Waals surface area contributed by atoms with Crippen LogP contribution in [-0.4, -0.2) is 44.5 Å². The number of allylic oxidation sites excluding steroid dienone is 2. The monoisotopic (exact) mass is 168 g/mol. The van der Waals surface area contributed by atoms with Crippen molar-refractivity contribution >= 4 is 6.21 Å². The smallest absolute Gasteiger partial charge is 0.0642 e. The molecule has 0 unspecified atom stereocenters. The summed E-state index contributed by atoms with van der Waals surface area (Å²) in [5.74, 6) is 0. The first-order valence-corrected chi connectivity index (χ1v) is 4.29. The van der Waals surface area contributed by atoms with E-state index in [-0.39, 0.29) is 0 Å². The predicted octanol–water partition coefficient (Wildman–Crippen LogP) is 0.923. The predicted molar refractivity (Wildman–Crippen MR) is 50.6 cm³/mol. The fourth-order valence-corrected chi connectivity index (χ4v) is 1.29. The van der Waals surface area contributed by atoms with Gasteiger partial charge in [-0.05, 0) is 6.92 Å². The summed E-state index contributed by atoms with van der Waals surface area (Å²) in [5, 5.41) is 0. The van der Waals surface area contributed by atoms with Crippen molar-refractivity contribution in [1.29, 1.82) is 0 Å². The van der Waals surface area contributed by atoms with Crippen molar-refractivity contribution in [3.8, 4) is 0 Å². The van der Waals surface area contributed by atoms with Crippen molar-refractivity contribution in [1.82, 2.24) is 4.90 Å². The molecule has 1 rings (SSSR count). The van der Waals surface area contributed by atoms with Gasteiger partial charge in [0.15, 0.2) is 0 Å². The maximum Gasteiger partial charge on any atom is 0.0642 e. The molecule has 12 heavy (non-hydrogen) atoms. The summed E-state index contributed by atoms with van der Waals surface area (Å²) in [7, 11) is 1.80. The lowest BCUT2D eigenvalue weighted by Crippen LogP contribution is -2.35. The zero-order valence-electron chi connectivity index (χ0n) is 7.79. The Morgan fingerprint density at radius 3 is 2.58 bits per heavy atom.